The second-order valence-corrected chi connectivity index (χ2v) is 6.22. The zero-order valence-corrected chi connectivity index (χ0v) is 15.6. The number of hydrogen-bond donors (Lipinski definition) is 1. The number of fused-ring (bicyclic) bond motifs is 1. The maximum Gasteiger partial charge on any atom is 0.240 e. The minimum absolute atomic E-state index is 0. The van der Waals surface area contributed by atoms with E-state index in [0.717, 1.165) is 49.7 Å². The molecule has 0 saturated carbocycles. The van der Waals surface area contributed by atoms with E-state index < -0.39 is 0 Å². The molecule has 0 bridgehead atoms. The maximum absolute atomic E-state index is 12.6. The van der Waals surface area contributed by atoms with Crippen molar-refractivity contribution in [1.82, 2.24) is 25.0 Å². The van der Waals surface area contributed by atoms with Crippen LogP contribution in [0, 0.1) is 0 Å². The lowest BCUT2D eigenvalue weighted by Crippen LogP contribution is -2.50. The number of carbonyl (C=O) groups is 1. The molecule has 1 amide bonds. The largest absolute Gasteiger partial charge is 0.332 e. The van der Waals surface area contributed by atoms with Gasteiger partial charge in [0.05, 0.1) is 12.6 Å². The van der Waals surface area contributed by atoms with Gasteiger partial charge in [-0.3, -0.25) is 4.79 Å². The van der Waals surface area contributed by atoms with Gasteiger partial charge in [0.2, 0.25) is 5.91 Å². The standard InChI is InChI=1S/C17H21N5O.2ClH/c23-17(14-8-4-5-9-18-14)21-10-11-22-15(12-21)19-20-16(22)13-6-2-1-3-7-13;;/h1-3,6-7,14,18H,4-5,8-12H2;2*1H/t14-;;/m1../s1. The van der Waals surface area contributed by atoms with Gasteiger partial charge in [-0.1, -0.05) is 36.8 Å². The van der Waals surface area contributed by atoms with E-state index in [1.807, 2.05) is 35.2 Å². The van der Waals surface area contributed by atoms with Crippen molar-refractivity contribution >= 4 is 30.7 Å². The number of rotatable bonds is 2. The SMILES string of the molecule is Cl.Cl.O=C([C@H]1CCCCN1)N1CCn2c(nnc2-c2ccccc2)C1. The van der Waals surface area contributed by atoms with E-state index in [-0.39, 0.29) is 36.8 Å². The highest BCUT2D eigenvalue weighted by molar-refractivity contribution is 5.85. The average molecular weight is 384 g/mol. The predicted octanol–water partition coefficient (Wildman–Crippen LogP) is 2.27. The number of nitrogens with one attached hydrogen (secondary N) is 1. The molecule has 0 radical (unpaired) electrons. The van der Waals surface area contributed by atoms with E-state index in [2.05, 4.69) is 20.1 Å². The molecule has 136 valence electrons. The summed E-state index contributed by atoms with van der Waals surface area (Å²) < 4.78 is 2.13. The molecule has 0 unspecified atom stereocenters. The lowest BCUT2D eigenvalue weighted by molar-refractivity contribution is -0.135. The Morgan fingerprint density at radius 2 is 1.88 bits per heavy atom. The smallest absolute Gasteiger partial charge is 0.240 e. The number of nitrogens with zero attached hydrogens (tertiary/aromatic N) is 4. The minimum atomic E-state index is -0.0215. The number of aromatic nitrogens is 3. The van der Waals surface area contributed by atoms with Gasteiger partial charge in [-0.05, 0) is 19.4 Å². The van der Waals surface area contributed by atoms with Crippen LogP contribution in [0.15, 0.2) is 30.3 Å². The fourth-order valence-electron chi connectivity index (χ4n) is 3.43. The Hall–Kier alpha value is -1.63. The van der Waals surface area contributed by atoms with Crippen LogP contribution in [0.1, 0.15) is 25.1 Å². The summed E-state index contributed by atoms with van der Waals surface area (Å²) in [5.41, 5.74) is 1.07. The first-order valence-corrected chi connectivity index (χ1v) is 8.32. The highest BCUT2D eigenvalue weighted by Gasteiger charge is 2.30. The fourth-order valence-corrected chi connectivity index (χ4v) is 3.43. The Labute approximate surface area is 159 Å². The third-order valence-electron chi connectivity index (χ3n) is 4.71. The van der Waals surface area contributed by atoms with Crippen molar-refractivity contribution in [2.45, 2.75) is 38.4 Å². The van der Waals surface area contributed by atoms with E-state index in [1.165, 1.54) is 6.42 Å². The van der Waals surface area contributed by atoms with Gasteiger partial charge in [-0.15, -0.1) is 35.0 Å². The zero-order valence-electron chi connectivity index (χ0n) is 13.9. The minimum Gasteiger partial charge on any atom is -0.332 e. The number of amides is 1. The zero-order chi connectivity index (χ0) is 15.6. The second kappa shape index (κ2) is 8.65. The average Bonchev–Trinajstić information content (AvgIpc) is 3.06. The Bertz CT molecular complexity index is 700. The van der Waals surface area contributed by atoms with Crippen LogP contribution < -0.4 is 5.32 Å². The van der Waals surface area contributed by atoms with Gasteiger partial charge in [0.25, 0.3) is 0 Å². The molecular weight excluding hydrogens is 361 g/mol. The molecule has 2 aliphatic heterocycles. The number of carbonyl (C=O) groups excluding carboxylic acids is 1. The number of hydrogen-bond acceptors (Lipinski definition) is 4. The first-order chi connectivity index (χ1) is 11.3. The van der Waals surface area contributed by atoms with Crippen molar-refractivity contribution in [3.05, 3.63) is 36.2 Å². The van der Waals surface area contributed by atoms with Gasteiger partial charge < -0.3 is 14.8 Å². The van der Waals surface area contributed by atoms with E-state index in [4.69, 9.17) is 0 Å². The third kappa shape index (κ3) is 3.97. The van der Waals surface area contributed by atoms with Gasteiger partial charge in [0.15, 0.2) is 11.6 Å². The molecule has 1 aromatic heterocycles. The summed E-state index contributed by atoms with van der Waals surface area (Å²) in [7, 11) is 0. The first kappa shape index (κ1) is 19.7. The normalized spacial score (nSPS) is 19.4. The highest BCUT2D eigenvalue weighted by Crippen LogP contribution is 2.22. The number of piperidine rings is 1. The van der Waals surface area contributed by atoms with Crippen molar-refractivity contribution < 1.29 is 4.79 Å². The second-order valence-electron chi connectivity index (χ2n) is 6.22. The summed E-state index contributed by atoms with van der Waals surface area (Å²) in [4.78, 5) is 14.6. The van der Waals surface area contributed by atoms with E-state index >= 15 is 0 Å². The Morgan fingerprint density at radius 3 is 2.60 bits per heavy atom. The van der Waals surface area contributed by atoms with Crippen LogP contribution in [-0.2, 0) is 17.9 Å². The van der Waals surface area contributed by atoms with E-state index in [1.54, 1.807) is 0 Å². The van der Waals surface area contributed by atoms with Gasteiger partial charge >= 0.3 is 0 Å². The molecule has 1 N–H and O–H groups in total. The van der Waals surface area contributed by atoms with Crippen LogP contribution in [0.2, 0.25) is 0 Å². The van der Waals surface area contributed by atoms with Gasteiger partial charge in [-0.2, -0.15) is 0 Å². The molecule has 1 saturated heterocycles. The van der Waals surface area contributed by atoms with Crippen LogP contribution in [0.25, 0.3) is 11.4 Å². The molecule has 2 aromatic rings. The molecular formula is C17H23Cl2N5O. The van der Waals surface area contributed by atoms with Gasteiger partial charge in [0, 0.05) is 18.7 Å². The van der Waals surface area contributed by atoms with Crippen LogP contribution in [0.3, 0.4) is 0 Å². The maximum atomic E-state index is 12.6. The molecule has 1 atom stereocenters. The first-order valence-electron chi connectivity index (χ1n) is 8.32. The molecule has 25 heavy (non-hydrogen) atoms. The predicted molar refractivity (Wildman–Crippen MR) is 101 cm³/mol. The summed E-state index contributed by atoms with van der Waals surface area (Å²) in [5.74, 6) is 1.97. The van der Waals surface area contributed by atoms with Crippen molar-refractivity contribution in [2.24, 2.45) is 0 Å². The van der Waals surface area contributed by atoms with Crippen molar-refractivity contribution in [3.8, 4) is 11.4 Å². The summed E-state index contributed by atoms with van der Waals surface area (Å²) in [6.45, 7) is 2.97. The number of benzene rings is 1. The number of halogens is 2. The lowest BCUT2D eigenvalue weighted by Gasteiger charge is -2.32. The molecule has 0 aliphatic carbocycles. The van der Waals surface area contributed by atoms with Crippen molar-refractivity contribution in [2.75, 3.05) is 13.1 Å². The van der Waals surface area contributed by atoms with Gasteiger partial charge in [0.1, 0.15) is 0 Å². The molecule has 3 heterocycles. The topological polar surface area (TPSA) is 63.1 Å². The molecule has 6 nitrogen and oxygen atoms in total. The van der Waals surface area contributed by atoms with Crippen LogP contribution in [0.5, 0.6) is 0 Å². The summed E-state index contributed by atoms with van der Waals surface area (Å²) in [6.07, 6.45) is 3.24. The van der Waals surface area contributed by atoms with Crippen LogP contribution in [-0.4, -0.2) is 44.7 Å². The Kier molecular flexibility index (Phi) is 6.81. The third-order valence-corrected chi connectivity index (χ3v) is 4.71. The van der Waals surface area contributed by atoms with Gasteiger partial charge in [-0.25, -0.2) is 0 Å². The Balaban J connectivity index is 0.00000113. The van der Waals surface area contributed by atoms with Crippen molar-refractivity contribution in [3.63, 3.8) is 0 Å². The van der Waals surface area contributed by atoms with Crippen LogP contribution >= 0.6 is 24.8 Å². The lowest BCUT2D eigenvalue weighted by atomic mass is 10.0. The molecule has 2 aliphatic rings. The molecule has 1 fully saturated rings. The van der Waals surface area contributed by atoms with E-state index in [9.17, 15) is 4.79 Å². The summed E-state index contributed by atoms with van der Waals surface area (Å²) in [6, 6.07) is 10.1. The van der Waals surface area contributed by atoms with Crippen molar-refractivity contribution in [1.29, 1.82) is 0 Å². The summed E-state index contributed by atoms with van der Waals surface area (Å²) >= 11 is 0. The summed E-state index contributed by atoms with van der Waals surface area (Å²) in [5, 5.41) is 12.0. The Morgan fingerprint density at radius 1 is 1.08 bits per heavy atom. The quantitative estimate of drug-likeness (QED) is 0.863. The monoisotopic (exact) mass is 383 g/mol. The van der Waals surface area contributed by atoms with Crippen LogP contribution in [0.4, 0.5) is 0 Å². The van der Waals surface area contributed by atoms with E-state index in [0.29, 0.717) is 6.54 Å². The molecule has 8 heteroatoms. The fraction of sp³-hybridized carbons (Fsp3) is 0.471. The molecule has 0 spiro atoms. The molecule has 4 rings (SSSR count). The molecule has 1 aromatic carbocycles. The highest BCUT2D eigenvalue weighted by atomic mass is 35.5.